The Kier molecular flexibility index (Phi) is 11.5. The highest BCUT2D eigenvalue weighted by atomic mass is 79.9. The van der Waals surface area contributed by atoms with Crippen LogP contribution in [0, 0.1) is 12.7 Å². The average Bonchev–Trinajstić information content (AvgIpc) is 2.97. The summed E-state index contributed by atoms with van der Waals surface area (Å²) in [4.78, 5) is 28.8. The van der Waals surface area contributed by atoms with Crippen LogP contribution < -0.4 is 14.4 Å². The van der Waals surface area contributed by atoms with Gasteiger partial charge in [-0.25, -0.2) is 12.8 Å². The molecule has 0 unspecified atom stereocenters. The summed E-state index contributed by atoms with van der Waals surface area (Å²) in [6.07, 6.45) is 0.989. The van der Waals surface area contributed by atoms with Gasteiger partial charge >= 0.3 is 0 Å². The molecule has 0 fully saturated rings. The van der Waals surface area contributed by atoms with Crippen LogP contribution in [0.1, 0.15) is 44.7 Å². The Bertz CT molecular complexity index is 1480. The van der Waals surface area contributed by atoms with Gasteiger partial charge in [0.05, 0.1) is 22.2 Å². The smallest absolute Gasteiger partial charge is 0.264 e. The standard InChI is InChI=1S/C31H37BrFN3O5S/c1-6-22(4)34-31(38)28(7-2)35(19-23-10-12-24(33)13-11-23)30(37)20-36(25-14-8-21(3)9-15-25)42(39,40)26-16-17-29(41-5)27(32)18-26/h8-18,22,28H,6-7,19-20H2,1-5H3,(H,34,38)/t22-,28+/m1/s1. The number of hydrogen-bond acceptors (Lipinski definition) is 5. The van der Waals surface area contributed by atoms with E-state index in [2.05, 4.69) is 21.2 Å². The molecule has 42 heavy (non-hydrogen) atoms. The Labute approximate surface area is 256 Å². The third kappa shape index (κ3) is 8.10. The van der Waals surface area contributed by atoms with E-state index in [0.29, 0.717) is 27.9 Å². The van der Waals surface area contributed by atoms with Gasteiger partial charge in [0.1, 0.15) is 24.2 Å². The molecule has 0 saturated heterocycles. The fraction of sp³-hybridized carbons (Fsp3) is 0.355. The SMILES string of the molecule is CC[C@@H](C)NC(=O)[C@H](CC)N(Cc1ccc(F)cc1)C(=O)CN(c1ccc(C)cc1)S(=O)(=O)c1ccc(OC)c(Br)c1. The minimum absolute atomic E-state index is 0.0125. The second-order valence-electron chi connectivity index (χ2n) is 10.0. The highest BCUT2D eigenvalue weighted by molar-refractivity contribution is 9.10. The van der Waals surface area contributed by atoms with Crippen LogP contribution in [0.2, 0.25) is 0 Å². The Morgan fingerprint density at radius 2 is 1.64 bits per heavy atom. The third-order valence-corrected chi connectivity index (χ3v) is 9.35. The first-order chi connectivity index (χ1) is 19.9. The van der Waals surface area contributed by atoms with Crippen LogP contribution in [0.5, 0.6) is 5.75 Å². The Morgan fingerprint density at radius 1 is 1.00 bits per heavy atom. The fourth-order valence-corrected chi connectivity index (χ4v) is 6.45. The summed E-state index contributed by atoms with van der Waals surface area (Å²) >= 11 is 3.35. The molecule has 2 atom stereocenters. The van der Waals surface area contributed by atoms with Crippen molar-refractivity contribution in [1.82, 2.24) is 10.2 Å². The zero-order valence-corrected chi connectivity index (χ0v) is 26.8. The number of carbonyl (C=O) groups is 2. The van der Waals surface area contributed by atoms with Gasteiger partial charge in [0.2, 0.25) is 11.8 Å². The fourth-order valence-electron chi connectivity index (χ4n) is 4.32. The van der Waals surface area contributed by atoms with E-state index in [1.807, 2.05) is 20.8 Å². The van der Waals surface area contributed by atoms with Crippen LogP contribution in [0.3, 0.4) is 0 Å². The van der Waals surface area contributed by atoms with Gasteiger partial charge in [-0.1, -0.05) is 43.7 Å². The van der Waals surface area contributed by atoms with Crippen molar-refractivity contribution in [2.45, 2.75) is 64.1 Å². The van der Waals surface area contributed by atoms with Crippen molar-refractivity contribution in [3.05, 3.63) is 88.1 Å². The lowest BCUT2D eigenvalue weighted by Crippen LogP contribution is -2.53. The Hall–Kier alpha value is -3.44. The molecule has 3 aromatic rings. The summed E-state index contributed by atoms with van der Waals surface area (Å²) in [5, 5.41) is 2.93. The summed E-state index contributed by atoms with van der Waals surface area (Å²) in [5.74, 6) is -0.899. The molecule has 0 saturated carbocycles. The molecule has 3 aromatic carbocycles. The topological polar surface area (TPSA) is 96.0 Å². The number of anilines is 1. The van der Waals surface area contributed by atoms with Gasteiger partial charge in [-0.15, -0.1) is 0 Å². The highest BCUT2D eigenvalue weighted by Crippen LogP contribution is 2.31. The van der Waals surface area contributed by atoms with Crippen molar-refractivity contribution in [1.29, 1.82) is 0 Å². The number of amides is 2. The normalized spacial score (nSPS) is 12.7. The highest BCUT2D eigenvalue weighted by Gasteiger charge is 2.34. The van der Waals surface area contributed by atoms with Gasteiger partial charge in [0.25, 0.3) is 10.0 Å². The molecule has 0 aromatic heterocycles. The van der Waals surface area contributed by atoms with Crippen molar-refractivity contribution in [3.63, 3.8) is 0 Å². The van der Waals surface area contributed by atoms with E-state index in [1.165, 1.54) is 54.5 Å². The lowest BCUT2D eigenvalue weighted by molar-refractivity contribution is -0.140. The number of ether oxygens (including phenoxy) is 1. The van der Waals surface area contributed by atoms with Crippen LogP contribution in [0.15, 0.2) is 76.1 Å². The molecule has 11 heteroatoms. The lowest BCUT2D eigenvalue weighted by atomic mass is 10.1. The van der Waals surface area contributed by atoms with Gasteiger partial charge in [-0.3, -0.25) is 13.9 Å². The van der Waals surface area contributed by atoms with Gasteiger partial charge in [0, 0.05) is 12.6 Å². The van der Waals surface area contributed by atoms with E-state index in [0.717, 1.165) is 9.87 Å². The van der Waals surface area contributed by atoms with E-state index < -0.39 is 34.3 Å². The number of nitrogens with zero attached hydrogens (tertiary/aromatic N) is 2. The van der Waals surface area contributed by atoms with Crippen molar-refractivity contribution in [2.24, 2.45) is 0 Å². The molecule has 0 bridgehead atoms. The molecule has 0 heterocycles. The Balaban J connectivity index is 2.07. The number of halogens is 2. The predicted molar refractivity (Wildman–Crippen MR) is 165 cm³/mol. The maximum absolute atomic E-state index is 14.1. The monoisotopic (exact) mass is 661 g/mol. The van der Waals surface area contributed by atoms with E-state index in [1.54, 1.807) is 31.2 Å². The molecule has 0 radical (unpaired) electrons. The number of methoxy groups -OCH3 is 1. The summed E-state index contributed by atoms with van der Waals surface area (Å²) in [6.45, 7) is 6.89. The lowest BCUT2D eigenvalue weighted by Gasteiger charge is -2.33. The number of sulfonamides is 1. The maximum Gasteiger partial charge on any atom is 0.264 e. The number of benzene rings is 3. The molecule has 3 rings (SSSR count). The molecule has 0 spiro atoms. The average molecular weight is 663 g/mol. The van der Waals surface area contributed by atoms with Gasteiger partial charge in [0.15, 0.2) is 0 Å². The molecule has 0 aliphatic rings. The first kappa shape index (κ1) is 33.1. The maximum atomic E-state index is 14.1. The second-order valence-corrected chi connectivity index (χ2v) is 12.8. The van der Waals surface area contributed by atoms with Crippen molar-refractivity contribution < 1.29 is 27.1 Å². The summed E-state index contributed by atoms with van der Waals surface area (Å²) < 4.78 is 48.5. The molecule has 1 N–H and O–H groups in total. The van der Waals surface area contributed by atoms with E-state index in [9.17, 15) is 22.4 Å². The van der Waals surface area contributed by atoms with Crippen LogP contribution >= 0.6 is 15.9 Å². The summed E-state index contributed by atoms with van der Waals surface area (Å²) in [7, 11) is -2.77. The van der Waals surface area contributed by atoms with Gasteiger partial charge in [-0.2, -0.15) is 0 Å². The molecule has 8 nitrogen and oxygen atoms in total. The quantitative estimate of drug-likeness (QED) is 0.249. The van der Waals surface area contributed by atoms with Gasteiger partial charge < -0.3 is 15.0 Å². The first-order valence-electron chi connectivity index (χ1n) is 13.7. The number of aryl methyl sites for hydroxylation is 1. The molecular formula is C31H37BrFN3O5S. The summed E-state index contributed by atoms with van der Waals surface area (Å²) in [6, 6.07) is 15.8. The third-order valence-electron chi connectivity index (χ3n) is 6.97. The van der Waals surface area contributed by atoms with Crippen LogP contribution in [0.25, 0.3) is 0 Å². The molecular weight excluding hydrogens is 625 g/mol. The van der Waals surface area contributed by atoms with E-state index in [4.69, 9.17) is 4.74 Å². The number of hydrogen-bond donors (Lipinski definition) is 1. The largest absolute Gasteiger partial charge is 0.496 e. The number of carbonyl (C=O) groups excluding carboxylic acids is 2. The zero-order valence-electron chi connectivity index (χ0n) is 24.4. The molecule has 2 amide bonds. The second kappa shape index (κ2) is 14.6. The predicted octanol–water partition coefficient (Wildman–Crippen LogP) is 5.82. The number of nitrogens with one attached hydrogen (secondary N) is 1. The van der Waals surface area contributed by atoms with E-state index >= 15 is 0 Å². The van der Waals surface area contributed by atoms with Crippen molar-refractivity contribution >= 4 is 43.5 Å². The van der Waals surface area contributed by atoms with Crippen LogP contribution in [0.4, 0.5) is 10.1 Å². The zero-order chi connectivity index (χ0) is 31.0. The first-order valence-corrected chi connectivity index (χ1v) is 15.9. The van der Waals surface area contributed by atoms with Crippen molar-refractivity contribution in [3.8, 4) is 5.75 Å². The molecule has 0 aliphatic heterocycles. The van der Waals surface area contributed by atoms with Crippen molar-refractivity contribution in [2.75, 3.05) is 18.0 Å². The minimum Gasteiger partial charge on any atom is -0.496 e. The van der Waals surface area contributed by atoms with E-state index in [-0.39, 0.29) is 29.8 Å². The van der Waals surface area contributed by atoms with Crippen LogP contribution in [-0.2, 0) is 26.2 Å². The Morgan fingerprint density at radius 3 is 2.19 bits per heavy atom. The van der Waals surface area contributed by atoms with Gasteiger partial charge in [-0.05, 0) is 90.6 Å². The molecule has 0 aliphatic carbocycles. The summed E-state index contributed by atoms with van der Waals surface area (Å²) in [5.41, 5.74) is 1.81. The minimum atomic E-state index is -4.25. The van der Waals surface area contributed by atoms with Crippen LogP contribution in [-0.4, -0.2) is 50.9 Å². The number of rotatable bonds is 13. The molecule has 226 valence electrons.